The minimum Gasteiger partial charge on any atom is -0.493 e. The molecular weight excluding hydrogens is 416 g/mol. The lowest BCUT2D eigenvalue weighted by atomic mass is 10.0. The van der Waals surface area contributed by atoms with Gasteiger partial charge >= 0.3 is 0 Å². The Morgan fingerprint density at radius 1 is 1.23 bits per heavy atom. The van der Waals surface area contributed by atoms with Gasteiger partial charge in [-0.2, -0.15) is 5.26 Å². The van der Waals surface area contributed by atoms with Crippen molar-refractivity contribution in [3.63, 3.8) is 0 Å². The van der Waals surface area contributed by atoms with Crippen molar-refractivity contribution in [1.82, 2.24) is 14.5 Å². The predicted molar refractivity (Wildman–Crippen MR) is 120 cm³/mol. The second kappa shape index (κ2) is 9.58. The molecule has 1 fully saturated rings. The van der Waals surface area contributed by atoms with Gasteiger partial charge < -0.3 is 18.9 Å². The summed E-state index contributed by atoms with van der Waals surface area (Å²) >= 11 is 5.51. The molecule has 2 aliphatic rings. The summed E-state index contributed by atoms with van der Waals surface area (Å²) in [5.74, 6) is 1.21. The number of imidazole rings is 1. The van der Waals surface area contributed by atoms with E-state index >= 15 is 0 Å². The Labute approximate surface area is 186 Å². The molecule has 162 valence electrons. The number of morpholine rings is 1. The number of fused-ring (bicyclic) bond motifs is 1. The fourth-order valence-corrected chi connectivity index (χ4v) is 3.93. The number of aromatic nitrogens is 2. The Kier molecular flexibility index (Phi) is 6.63. The molecule has 0 N–H and O–H groups in total. The second-order valence-electron chi connectivity index (χ2n) is 7.18. The van der Waals surface area contributed by atoms with Gasteiger partial charge in [0, 0.05) is 37.5 Å². The topological polar surface area (TPSA) is 81.8 Å². The third-order valence-electron chi connectivity index (χ3n) is 5.40. The van der Waals surface area contributed by atoms with E-state index in [0.717, 1.165) is 49.6 Å². The van der Waals surface area contributed by atoms with Crippen molar-refractivity contribution in [2.24, 2.45) is 0 Å². The van der Waals surface area contributed by atoms with Gasteiger partial charge in [-0.15, -0.1) is 0 Å². The van der Waals surface area contributed by atoms with Gasteiger partial charge in [-0.25, -0.2) is 4.98 Å². The smallest absolute Gasteiger partial charge is 0.163 e. The Morgan fingerprint density at radius 3 is 2.68 bits per heavy atom. The van der Waals surface area contributed by atoms with Crippen LogP contribution in [-0.4, -0.2) is 79.1 Å². The van der Waals surface area contributed by atoms with Gasteiger partial charge in [0.25, 0.3) is 0 Å². The minimum atomic E-state index is -0.455. The average Bonchev–Trinajstić information content (AvgIpc) is 3.22. The molecule has 1 unspecified atom stereocenters. The summed E-state index contributed by atoms with van der Waals surface area (Å²) in [5.41, 5.74) is 2.78. The van der Waals surface area contributed by atoms with E-state index in [4.69, 9.17) is 31.2 Å². The number of benzene rings is 1. The third-order valence-corrected chi connectivity index (χ3v) is 5.85. The van der Waals surface area contributed by atoms with Crippen LogP contribution in [0.5, 0.6) is 11.5 Å². The van der Waals surface area contributed by atoms with E-state index in [1.165, 1.54) is 0 Å². The van der Waals surface area contributed by atoms with Crippen molar-refractivity contribution >= 4 is 33.8 Å². The number of rotatable bonds is 7. The highest BCUT2D eigenvalue weighted by atomic mass is 32.1. The number of nitrogens with zero attached hydrogens (tertiary/aromatic N) is 4. The molecule has 1 atom stereocenters. The molecule has 31 heavy (non-hydrogen) atoms. The molecule has 2 heterocycles. The first-order valence-electron chi connectivity index (χ1n) is 10.0. The first kappa shape index (κ1) is 21.5. The van der Waals surface area contributed by atoms with Crippen molar-refractivity contribution in [1.29, 1.82) is 5.26 Å². The van der Waals surface area contributed by atoms with Crippen molar-refractivity contribution in [3.8, 4) is 17.6 Å². The van der Waals surface area contributed by atoms with Crippen LogP contribution in [0.4, 0.5) is 0 Å². The lowest BCUT2D eigenvalue weighted by Gasteiger charge is -2.27. The SMILES string of the molecule is COc1cc2ncn(C3=CC(OCCN4CCOCC4)C(=S)C(C#N)=C3)c2cc1OC. The third kappa shape index (κ3) is 4.48. The van der Waals surface area contributed by atoms with Gasteiger partial charge in [0.2, 0.25) is 0 Å². The van der Waals surface area contributed by atoms with E-state index < -0.39 is 6.10 Å². The second-order valence-corrected chi connectivity index (χ2v) is 7.62. The van der Waals surface area contributed by atoms with Gasteiger partial charge in [-0.05, 0) is 12.2 Å². The van der Waals surface area contributed by atoms with Crippen LogP contribution < -0.4 is 9.47 Å². The van der Waals surface area contributed by atoms with Crippen LogP contribution >= 0.6 is 12.2 Å². The molecule has 1 saturated heterocycles. The summed E-state index contributed by atoms with van der Waals surface area (Å²) in [6.07, 6.45) is 4.95. The normalized spacial score (nSPS) is 19.6. The highest BCUT2D eigenvalue weighted by molar-refractivity contribution is 7.81. The number of hydrogen-bond acceptors (Lipinski definition) is 8. The van der Waals surface area contributed by atoms with Crippen LogP contribution in [0, 0.1) is 11.3 Å². The Balaban J connectivity index is 1.60. The Bertz CT molecular complexity index is 1080. The summed E-state index contributed by atoms with van der Waals surface area (Å²) in [7, 11) is 3.18. The molecule has 4 rings (SSSR count). The highest BCUT2D eigenvalue weighted by Gasteiger charge is 2.24. The zero-order valence-corrected chi connectivity index (χ0v) is 18.4. The van der Waals surface area contributed by atoms with Crippen LogP contribution in [0.25, 0.3) is 16.7 Å². The molecule has 8 nitrogen and oxygen atoms in total. The molecule has 1 aliphatic carbocycles. The monoisotopic (exact) mass is 440 g/mol. The standard InChI is InChI=1S/C22H24N4O4S/c1-27-19-11-17-18(12-20(19)28-2)26(14-24-17)16-9-15(13-23)22(31)21(10-16)30-8-5-25-3-6-29-7-4-25/h9-12,14,21H,3-8H2,1-2H3. The summed E-state index contributed by atoms with van der Waals surface area (Å²) < 4.78 is 24.2. The van der Waals surface area contributed by atoms with Crippen molar-refractivity contribution in [2.45, 2.75) is 6.10 Å². The van der Waals surface area contributed by atoms with Crippen LogP contribution in [0.2, 0.25) is 0 Å². The number of methoxy groups -OCH3 is 2. The molecule has 0 radical (unpaired) electrons. The molecule has 9 heteroatoms. The summed E-state index contributed by atoms with van der Waals surface area (Å²) in [6, 6.07) is 5.89. The molecule has 1 aromatic carbocycles. The molecule has 1 aromatic heterocycles. The van der Waals surface area contributed by atoms with Crippen molar-refractivity contribution < 1.29 is 18.9 Å². The number of ether oxygens (including phenoxy) is 4. The van der Waals surface area contributed by atoms with Gasteiger partial charge in [-0.3, -0.25) is 9.47 Å². The van der Waals surface area contributed by atoms with Gasteiger partial charge in [0.1, 0.15) is 18.5 Å². The van der Waals surface area contributed by atoms with Crippen molar-refractivity contribution in [2.75, 3.05) is 53.7 Å². The Hall–Kier alpha value is -2.77. The van der Waals surface area contributed by atoms with Crippen molar-refractivity contribution in [3.05, 3.63) is 36.2 Å². The largest absolute Gasteiger partial charge is 0.493 e. The van der Waals surface area contributed by atoms with E-state index in [9.17, 15) is 5.26 Å². The van der Waals surface area contributed by atoms with Gasteiger partial charge in [0.15, 0.2) is 11.5 Å². The van der Waals surface area contributed by atoms with Crippen LogP contribution in [-0.2, 0) is 9.47 Å². The first-order valence-corrected chi connectivity index (χ1v) is 10.4. The fraction of sp³-hybridized carbons (Fsp3) is 0.409. The lowest BCUT2D eigenvalue weighted by Crippen LogP contribution is -2.39. The van der Waals surface area contributed by atoms with Gasteiger partial charge in [-0.1, -0.05) is 12.2 Å². The molecule has 2 aromatic rings. The predicted octanol–water partition coefficient (Wildman–Crippen LogP) is 2.45. The van der Waals surface area contributed by atoms with Crippen LogP contribution in [0.1, 0.15) is 0 Å². The maximum absolute atomic E-state index is 9.62. The maximum atomic E-state index is 9.62. The lowest BCUT2D eigenvalue weighted by molar-refractivity contribution is 0.0193. The molecule has 0 amide bonds. The van der Waals surface area contributed by atoms with E-state index in [-0.39, 0.29) is 0 Å². The number of allylic oxidation sites excluding steroid dienone is 2. The first-order chi connectivity index (χ1) is 15.1. The Morgan fingerprint density at radius 2 is 1.97 bits per heavy atom. The van der Waals surface area contributed by atoms with E-state index in [0.29, 0.717) is 28.5 Å². The molecule has 1 aliphatic heterocycles. The van der Waals surface area contributed by atoms with E-state index in [1.807, 2.05) is 22.8 Å². The number of thiocarbonyl (C=S) groups is 1. The van der Waals surface area contributed by atoms with Crippen LogP contribution in [0.3, 0.4) is 0 Å². The highest BCUT2D eigenvalue weighted by Crippen LogP contribution is 2.33. The zero-order valence-electron chi connectivity index (χ0n) is 17.5. The van der Waals surface area contributed by atoms with E-state index in [2.05, 4.69) is 16.0 Å². The summed E-state index contributed by atoms with van der Waals surface area (Å²) in [4.78, 5) is 7.27. The minimum absolute atomic E-state index is 0.422. The maximum Gasteiger partial charge on any atom is 0.163 e. The van der Waals surface area contributed by atoms with Gasteiger partial charge in [0.05, 0.1) is 55.5 Å². The molecule has 0 bridgehead atoms. The van der Waals surface area contributed by atoms with E-state index in [1.54, 1.807) is 26.6 Å². The fourth-order valence-electron chi connectivity index (χ4n) is 3.69. The summed E-state index contributed by atoms with van der Waals surface area (Å²) in [5, 5.41) is 9.62. The quantitative estimate of drug-likeness (QED) is 0.608. The summed E-state index contributed by atoms with van der Waals surface area (Å²) in [6.45, 7) is 4.60. The molecule has 0 saturated carbocycles. The number of nitriles is 1. The molecule has 0 spiro atoms. The zero-order chi connectivity index (χ0) is 21.8. The number of hydrogen-bond donors (Lipinski definition) is 0. The average molecular weight is 441 g/mol. The van der Waals surface area contributed by atoms with Crippen LogP contribution in [0.15, 0.2) is 36.2 Å². The molecular formula is C22H24N4O4S.